The Bertz CT molecular complexity index is 435. The summed E-state index contributed by atoms with van der Waals surface area (Å²) >= 11 is 3.57. The molecule has 20 heavy (non-hydrogen) atoms. The zero-order chi connectivity index (χ0) is 14.5. The first-order valence-electron chi connectivity index (χ1n) is 7.63. The van der Waals surface area contributed by atoms with Crippen LogP contribution in [0, 0.1) is 11.8 Å². The predicted molar refractivity (Wildman–Crippen MR) is 88.4 cm³/mol. The molecule has 0 aromatic heterocycles. The summed E-state index contributed by atoms with van der Waals surface area (Å²) in [5.41, 5.74) is 1.29. The van der Waals surface area contributed by atoms with E-state index in [0.29, 0.717) is 6.04 Å². The molecule has 1 saturated carbocycles. The molecule has 1 aliphatic rings. The summed E-state index contributed by atoms with van der Waals surface area (Å²) in [5.74, 6) is 2.65. The summed E-state index contributed by atoms with van der Waals surface area (Å²) in [6, 6.07) is 6.82. The highest BCUT2D eigenvalue weighted by Gasteiger charge is 2.26. The molecule has 1 N–H and O–H groups in total. The lowest BCUT2D eigenvalue weighted by Gasteiger charge is -2.33. The lowest BCUT2D eigenvalue weighted by atomic mass is 9.77. The van der Waals surface area contributed by atoms with E-state index < -0.39 is 0 Å². The molecule has 0 saturated heterocycles. The Morgan fingerprint density at radius 3 is 2.85 bits per heavy atom. The van der Waals surface area contributed by atoms with Gasteiger partial charge >= 0.3 is 0 Å². The fraction of sp³-hybridized carbons (Fsp3) is 0.647. The monoisotopic (exact) mass is 339 g/mol. The van der Waals surface area contributed by atoms with Crippen molar-refractivity contribution in [3.05, 3.63) is 28.2 Å². The summed E-state index contributed by atoms with van der Waals surface area (Å²) in [7, 11) is 3.85. The Balaban J connectivity index is 2.11. The maximum absolute atomic E-state index is 5.51. The van der Waals surface area contributed by atoms with Gasteiger partial charge in [-0.1, -0.05) is 35.7 Å². The number of halogens is 1. The second-order valence-electron chi connectivity index (χ2n) is 6.09. The lowest BCUT2D eigenvalue weighted by Crippen LogP contribution is -2.38. The molecule has 0 spiro atoms. The third-order valence-electron chi connectivity index (χ3n) is 4.60. The van der Waals surface area contributed by atoms with Crippen LogP contribution in [0.25, 0.3) is 0 Å². The van der Waals surface area contributed by atoms with Gasteiger partial charge in [0.2, 0.25) is 0 Å². The highest BCUT2D eigenvalue weighted by molar-refractivity contribution is 9.10. The van der Waals surface area contributed by atoms with Crippen molar-refractivity contribution in [1.82, 2.24) is 5.32 Å². The minimum Gasteiger partial charge on any atom is -0.496 e. The average molecular weight is 340 g/mol. The topological polar surface area (TPSA) is 21.3 Å². The number of nitrogens with one attached hydrogen (secondary N) is 1. The van der Waals surface area contributed by atoms with E-state index in [1.54, 1.807) is 7.11 Å². The molecule has 1 aromatic rings. The van der Waals surface area contributed by atoms with Crippen LogP contribution in [0.3, 0.4) is 0 Å². The standard InChI is InChI=1S/C17H26BrNO/c1-12-5-4-6-13(9-12)16(19-2)11-14-10-15(18)7-8-17(14)20-3/h7-8,10,12-13,16,19H,4-6,9,11H2,1-3H3. The molecule has 1 aromatic carbocycles. The molecule has 3 atom stereocenters. The maximum atomic E-state index is 5.51. The van der Waals surface area contributed by atoms with Crippen LogP contribution in [0.15, 0.2) is 22.7 Å². The van der Waals surface area contributed by atoms with Crippen molar-refractivity contribution >= 4 is 15.9 Å². The molecule has 2 nitrogen and oxygen atoms in total. The van der Waals surface area contributed by atoms with Crippen LogP contribution in [0.1, 0.15) is 38.2 Å². The summed E-state index contributed by atoms with van der Waals surface area (Å²) in [5, 5.41) is 3.54. The SMILES string of the molecule is CNC(Cc1cc(Br)ccc1OC)C1CCCC(C)C1. The maximum Gasteiger partial charge on any atom is 0.122 e. The molecule has 0 aliphatic heterocycles. The number of likely N-dealkylation sites (N-methyl/N-ethyl adjacent to an activating group) is 1. The molecule has 3 heteroatoms. The van der Waals surface area contributed by atoms with Crippen LogP contribution in [0.4, 0.5) is 0 Å². The third-order valence-corrected chi connectivity index (χ3v) is 5.09. The molecule has 0 heterocycles. The van der Waals surface area contributed by atoms with E-state index >= 15 is 0 Å². The van der Waals surface area contributed by atoms with Crippen LogP contribution in [0.2, 0.25) is 0 Å². The smallest absolute Gasteiger partial charge is 0.122 e. The van der Waals surface area contributed by atoms with Gasteiger partial charge in [0, 0.05) is 10.5 Å². The summed E-state index contributed by atoms with van der Waals surface area (Å²) in [6.45, 7) is 2.39. The van der Waals surface area contributed by atoms with Gasteiger partial charge in [-0.2, -0.15) is 0 Å². The van der Waals surface area contributed by atoms with Gasteiger partial charge in [-0.05, 0) is 61.9 Å². The Kier molecular flexibility index (Phi) is 5.91. The second-order valence-corrected chi connectivity index (χ2v) is 7.00. The van der Waals surface area contributed by atoms with Gasteiger partial charge in [-0.3, -0.25) is 0 Å². The van der Waals surface area contributed by atoms with E-state index in [1.807, 2.05) is 6.07 Å². The first kappa shape index (κ1) is 15.8. The Morgan fingerprint density at radius 2 is 2.20 bits per heavy atom. The second kappa shape index (κ2) is 7.46. The molecule has 1 fully saturated rings. The zero-order valence-corrected chi connectivity index (χ0v) is 14.4. The Morgan fingerprint density at radius 1 is 1.40 bits per heavy atom. The van der Waals surface area contributed by atoms with Gasteiger partial charge < -0.3 is 10.1 Å². The number of hydrogen-bond acceptors (Lipinski definition) is 2. The van der Waals surface area contributed by atoms with Crippen molar-refractivity contribution in [2.45, 2.75) is 45.1 Å². The average Bonchev–Trinajstić information content (AvgIpc) is 2.45. The summed E-state index contributed by atoms with van der Waals surface area (Å²) in [4.78, 5) is 0. The van der Waals surface area contributed by atoms with Crippen molar-refractivity contribution in [3.8, 4) is 5.75 Å². The molecule has 112 valence electrons. The highest BCUT2D eigenvalue weighted by atomic mass is 79.9. The van der Waals surface area contributed by atoms with E-state index in [1.165, 1.54) is 31.2 Å². The Labute approximate surface area is 131 Å². The van der Waals surface area contributed by atoms with Gasteiger partial charge in [-0.25, -0.2) is 0 Å². The van der Waals surface area contributed by atoms with E-state index in [-0.39, 0.29) is 0 Å². The molecule has 0 radical (unpaired) electrons. The van der Waals surface area contributed by atoms with Gasteiger partial charge in [0.1, 0.15) is 5.75 Å². The number of hydrogen-bond donors (Lipinski definition) is 1. The van der Waals surface area contributed by atoms with Crippen molar-refractivity contribution < 1.29 is 4.74 Å². The predicted octanol–water partition coefficient (Wildman–Crippen LogP) is 4.41. The number of rotatable bonds is 5. The molecule has 3 unspecified atom stereocenters. The fourth-order valence-electron chi connectivity index (χ4n) is 3.49. The first-order valence-corrected chi connectivity index (χ1v) is 8.43. The Hall–Kier alpha value is -0.540. The molecule has 0 amide bonds. The van der Waals surface area contributed by atoms with Crippen molar-refractivity contribution in [2.75, 3.05) is 14.2 Å². The van der Waals surface area contributed by atoms with Crippen LogP contribution in [-0.2, 0) is 6.42 Å². The van der Waals surface area contributed by atoms with Crippen LogP contribution in [0.5, 0.6) is 5.75 Å². The number of ether oxygens (including phenoxy) is 1. The number of methoxy groups -OCH3 is 1. The highest BCUT2D eigenvalue weighted by Crippen LogP contribution is 2.33. The van der Waals surface area contributed by atoms with Crippen molar-refractivity contribution in [2.24, 2.45) is 11.8 Å². The van der Waals surface area contributed by atoms with Gasteiger partial charge in [0.25, 0.3) is 0 Å². The molecule has 2 rings (SSSR count). The normalized spacial score (nSPS) is 24.4. The van der Waals surface area contributed by atoms with Crippen LogP contribution < -0.4 is 10.1 Å². The zero-order valence-electron chi connectivity index (χ0n) is 12.8. The molecule has 0 bridgehead atoms. The van der Waals surface area contributed by atoms with E-state index in [2.05, 4.69) is 47.4 Å². The third kappa shape index (κ3) is 3.98. The van der Waals surface area contributed by atoms with Gasteiger partial charge in [0.15, 0.2) is 0 Å². The minimum atomic E-state index is 0.543. The molecular weight excluding hydrogens is 314 g/mol. The molecular formula is C17H26BrNO. The summed E-state index contributed by atoms with van der Waals surface area (Å²) in [6.07, 6.45) is 6.51. The van der Waals surface area contributed by atoms with Crippen molar-refractivity contribution in [3.63, 3.8) is 0 Å². The van der Waals surface area contributed by atoms with E-state index in [4.69, 9.17) is 4.74 Å². The quantitative estimate of drug-likeness (QED) is 0.857. The van der Waals surface area contributed by atoms with Crippen LogP contribution in [-0.4, -0.2) is 20.2 Å². The van der Waals surface area contributed by atoms with Crippen LogP contribution >= 0.6 is 15.9 Å². The lowest BCUT2D eigenvalue weighted by molar-refractivity contribution is 0.226. The fourth-order valence-corrected chi connectivity index (χ4v) is 3.90. The van der Waals surface area contributed by atoms with E-state index in [9.17, 15) is 0 Å². The summed E-state index contributed by atoms with van der Waals surface area (Å²) < 4.78 is 6.63. The van der Waals surface area contributed by atoms with E-state index in [0.717, 1.165) is 28.5 Å². The van der Waals surface area contributed by atoms with Crippen molar-refractivity contribution in [1.29, 1.82) is 0 Å². The number of benzene rings is 1. The largest absolute Gasteiger partial charge is 0.496 e. The van der Waals surface area contributed by atoms with Gasteiger partial charge in [0.05, 0.1) is 7.11 Å². The first-order chi connectivity index (χ1) is 9.63. The minimum absolute atomic E-state index is 0.543. The molecule has 1 aliphatic carbocycles. The van der Waals surface area contributed by atoms with Gasteiger partial charge in [-0.15, -0.1) is 0 Å².